The number of hydrogen-bond donors (Lipinski definition) is 1. The molecule has 0 amide bonds. The van der Waals surface area contributed by atoms with Crippen LogP contribution in [0, 0.1) is 0 Å². The molecule has 0 spiro atoms. The predicted molar refractivity (Wildman–Crippen MR) is 79.3 cm³/mol. The van der Waals surface area contributed by atoms with Crippen LogP contribution in [0.1, 0.15) is 31.1 Å². The fourth-order valence-corrected chi connectivity index (χ4v) is 4.09. The maximum absolute atomic E-state index is 6.28. The summed E-state index contributed by atoms with van der Waals surface area (Å²) in [5, 5.41) is 1.55. The first-order chi connectivity index (χ1) is 8.59. The fourth-order valence-electron chi connectivity index (χ4n) is 2.27. The lowest BCUT2D eigenvalue weighted by Gasteiger charge is -2.26. The molecule has 1 aliphatic heterocycles. The van der Waals surface area contributed by atoms with Crippen molar-refractivity contribution in [3.8, 4) is 0 Å². The second kappa shape index (κ2) is 6.29. The number of thioether (sulfide) groups is 1. The van der Waals surface area contributed by atoms with Gasteiger partial charge >= 0.3 is 0 Å². The molecule has 1 aromatic rings. The number of hydrogen-bond acceptors (Lipinski definition) is 3. The third kappa shape index (κ3) is 3.21. The number of nitrogens with two attached hydrogens (primary N) is 1. The zero-order chi connectivity index (χ0) is 13.1. The van der Waals surface area contributed by atoms with E-state index in [0.717, 1.165) is 23.6 Å². The first-order valence-electron chi connectivity index (χ1n) is 6.36. The van der Waals surface area contributed by atoms with Crippen molar-refractivity contribution in [3.05, 3.63) is 34.9 Å². The largest absolute Gasteiger partial charge is 0.377 e. The Labute approximate surface area is 118 Å². The van der Waals surface area contributed by atoms with Gasteiger partial charge in [0.25, 0.3) is 0 Å². The van der Waals surface area contributed by atoms with E-state index in [1.807, 2.05) is 36.9 Å². The van der Waals surface area contributed by atoms with E-state index in [9.17, 15) is 0 Å². The van der Waals surface area contributed by atoms with E-state index in [4.69, 9.17) is 22.1 Å². The lowest BCUT2D eigenvalue weighted by atomic mass is 10.1. The minimum absolute atomic E-state index is 0.0719. The molecule has 4 atom stereocenters. The highest BCUT2D eigenvalue weighted by Crippen LogP contribution is 2.41. The van der Waals surface area contributed by atoms with Gasteiger partial charge in [-0.2, -0.15) is 0 Å². The molecule has 0 radical (unpaired) electrons. The maximum Gasteiger partial charge on any atom is 0.0666 e. The third-order valence-electron chi connectivity index (χ3n) is 3.32. The van der Waals surface area contributed by atoms with Gasteiger partial charge in [-0.05, 0) is 31.9 Å². The van der Waals surface area contributed by atoms with Gasteiger partial charge in [0.2, 0.25) is 0 Å². The van der Waals surface area contributed by atoms with Crippen LogP contribution in [0.2, 0.25) is 5.02 Å². The number of halogens is 1. The van der Waals surface area contributed by atoms with Crippen LogP contribution in [0.25, 0.3) is 0 Å². The molecule has 0 saturated carbocycles. The predicted octanol–water partition coefficient (Wildman–Crippen LogP) is 3.64. The Morgan fingerprint density at radius 1 is 1.44 bits per heavy atom. The molecule has 0 bridgehead atoms. The summed E-state index contributed by atoms with van der Waals surface area (Å²) in [6.45, 7) is 5.03. The maximum atomic E-state index is 6.28. The minimum atomic E-state index is 0.0719. The van der Waals surface area contributed by atoms with E-state index in [0.29, 0.717) is 11.4 Å². The van der Waals surface area contributed by atoms with Crippen LogP contribution in [-0.4, -0.2) is 24.0 Å². The third-order valence-corrected chi connectivity index (χ3v) is 5.61. The van der Waals surface area contributed by atoms with Crippen molar-refractivity contribution in [2.75, 3.05) is 6.61 Å². The van der Waals surface area contributed by atoms with E-state index < -0.39 is 0 Å². The van der Waals surface area contributed by atoms with Crippen LogP contribution in [0.3, 0.4) is 0 Å². The summed E-state index contributed by atoms with van der Waals surface area (Å²) in [5.74, 6) is 0. The average Bonchev–Trinajstić information content (AvgIpc) is 2.73. The van der Waals surface area contributed by atoms with Crippen molar-refractivity contribution in [2.24, 2.45) is 5.73 Å². The Morgan fingerprint density at radius 3 is 2.72 bits per heavy atom. The monoisotopic (exact) mass is 285 g/mol. The topological polar surface area (TPSA) is 35.2 Å². The molecule has 18 heavy (non-hydrogen) atoms. The van der Waals surface area contributed by atoms with E-state index in [-0.39, 0.29) is 11.3 Å². The lowest BCUT2D eigenvalue weighted by Crippen LogP contribution is -2.26. The SMILES string of the molecule is CC(N)C(SC1CCOC1C)c1ccccc1Cl. The molecule has 1 aliphatic rings. The number of ether oxygens (including phenoxy) is 1. The summed E-state index contributed by atoms with van der Waals surface area (Å²) in [5.41, 5.74) is 7.28. The highest BCUT2D eigenvalue weighted by Gasteiger charge is 2.30. The van der Waals surface area contributed by atoms with Crippen molar-refractivity contribution < 1.29 is 4.74 Å². The van der Waals surface area contributed by atoms with Crippen LogP contribution < -0.4 is 5.73 Å². The van der Waals surface area contributed by atoms with Crippen molar-refractivity contribution in [1.29, 1.82) is 0 Å². The van der Waals surface area contributed by atoms with Crippen LogP contribution in [0.15, 0.2) is 24.3 Å². The quantitative estimate of drug-likeness (QED) is 0.917. The zero-order valence-electron chi connectivity index (χ0n) is 10.8. The van der Waals surface area contributed by atoms with E-state index in [2.05, 4.69) is 13.0 Å². The Kier molecular flexibility index (Phi) is 4.96. The van der Waals surface area contributed by atoms with Crippen LogP contribution in [-0.2, 0) is 4.74 Å². The second-order valence-electron chi connectivity index (χ2n) is 4.84. The molecule has 4 heteroatoms. The van der Waals surface area contributed by atoms with E-state index in [1.54, 1.807) is 0 Å². The Balaban J connectivity index is 2.16. The molecular weight excluding hydrogens is 266 g/mol. The summed E-state index contributed by atoms with van der Waals surface area (Å²) in [4.78, 5) is 0. The van der Waals surface area contributed by atoms with Crippen LogP contribution >= 0.6 is 23.4 Å². The molecule has 0 aliphatic carbocycles. The Morgan fingerprint density at radius 2 is 2.17 bits per heavy atom. The minimum Gasteiger partial charge on any atom is -0.377 e. The highest BCUT2D eigenvalue weighted by molar-refractivity contribution is 8.00. The van der Waals surface area contributed by atoms with Gasteiger partial charge in [-0.3, -0.25) is 0 Å². The fraction of sp³-hybridized carbons (Fsp3) is 0.571. The first kappa shape index (κ1) is 14.2. The summed E-state index contributed by atoms with van der Waals surface area (Å²) < 4.78 is 5.62. The van der Waals surface area contributed by atoms with E-state index in [1.165, 1.54) is 0 Å². The summed E-state index contributed by atoms with van der Waals surface area (Å²) in [6.07, 6.45) is 1.40. The van der Waals surface area contributed by atoms with Crippen molar-refractivity contribution >= 4 is 23.4 Å². The van der Waals surface area contributed by atoms with Gasteiger partial charge in [0, 0.05) is 28.2 Å². The molecule has 1 saturated heterocycles. The second-order valence-corrected chi connectivity index (χ2v) is 6.63. The molecule has 2 rings (SSSR count). The lowest BCUT2D eigenvalue weighted by molar-refractivity contribution is 0.127. The van der Waals surface area contributed by atoms with Gasteiger partial charge in [0.05, 0.1) is 6.10 Å². The van der Waals surface area contributed by atoms with Crippen molar-refractivity contribution in [2.45, 2.75) is 42.9 Å². The summed E-state index contributed by atoms with van der Waals surface area (Å²) >= 11 is 8.19. The van der Waals surface area contributed by atoms with Gasteiger partial charge < -0.3 is 10.5 Å². The van der Waals surface area contributed by atoms with Gasteiger partial charge in [0.15, 0.2) is 0 Å². The van der Waals surface area contributed by atoms with Crippen LogP contribution in [0.5, 0.6) is 0 Å². The molecule has 2 nitrogen and oxygen atoms in total. The molecule has 1 aromatic carbocycles. The van der Waals surface area contributed by atoms with Gasteiger partial charge in [-0.1, -0.05) is 29.8 Å². The normalized spacial score (nSPS) is 27.1. The molecule has 2 N–H and O–H groups in total. The molecule has 1 fully saturated rings. The summed E-state index contributed by atoms with van der Waals surface area (Å²) in [7, 11) is 0. The Bertz CT molecular complexity index is 399. The first-order valence-corrected chi connectivity index (χ1v) is 7.68. The van der Waals surface area contributed by atoms with Gasteiger partial charge in [0.1, 0.15) is 0 Å². The highest BCUT2D eigenvalue weighted by atomic mass is 35.5. The average molecular weight is 286 g/mol. The van der Waals surface area contributed by atoms with Gasteiger partial charge in [-0.15, -0.1) is 11.8 Å². The standard InChI is InChI=1S/C14H20ClNOS/c1-9(16)14(11-5-3-4-6-12(11)15)18-13-7-8-17-10(13)2/h3-6,9-10,13-14H,7-8,16H2,1-2H3. The van der Waals surface area contributed by atoms with E-state index >= 15 is 0 Å². The van der Waals surface area contributed by atoms with Crippen molar-refractivity contribution in [3.63, 3.8) is 0 Å². The molecule has 100 valence electrons. The van der Waals surface area contributed by atoms with Crippen LogP contribution in [0.4, 0.5) is 0 Å². The Hall–Kier alpha value is -0.220. The van der Waals surface area contributed by atoms with Gasteiger partial charge in [-0.25, -0.2) is 0 Å². The molecule has 1 heterocycles. The zero-order valence-corrected chi connectivity index (χ0v) is 12.4. The smallest absolute Gasteiger partial charge is 0.0666 e. The number of rotatable bonds is 4. The number of benzene rings is 1. The molecule has 0 aromatic heterocycles. The molecular formula is C14H20ClNOS. The van der Waals surface area contributed by atoms with Crippen molar-refractivity contribution in [1.82, 2.24) is 0 Å². The summed E-state index contributed by atoms with van der Waals surface area (Å²) in [6, 6.07) is 8.05. The molecule has 4 unspecified atom stereocenters.